The minimum atomic E-state index is 0. The van der Waals surface area contributed by atoms with Crippen LogP contribution in [0.5, 0.6) is 23.0 Å². The quantitative estimate of drug-likeness (QED) is 0.163. The van der Waals surface area contributed by atoms with Crippen molar-refractivity contribution in [1.29, 1.82) is 0 Å². The number of hydrogen-bond donors (Lipinski definition) is 0. The zero-order valence-corrected chi connectivity index (χ0v) is 23.3. The van der Waals surface area contributed by atoms with Crippen molar-refractivity contribution in [2.45, 2.75) is 13.1 Å². The number of aliphatic imine (C=N–C) groups is 1. The molecule has 3 aromatic rings. The summed E-state index contributed by atoms with van der Waals surface area (Å²) in [5, 5.41) is 0.869. The molecule has 0 amide bonds. The van der Waals surface area contributed by atoms with E-state index < -0.39 is 0 Å². The highest BCUT2D eigenvalue weighted by atomic mass is 127. The molecular weight excluding hydrogens is 563 g/mol. The fourth-order valence-electron chi connectivity index (χ4n) is 3.33. The Kier molecular flexibility index (Phi) is 11.4. The van der Waals surface area contributed by atoms with Gasteiger partial charge in [0.1, 0.15) is 28.7 Å². The van der Waals surface area contributed by atoms with Crippen molar-refractivity contribution >= 4 is 46.6 Å². The fourth-order valence-corrected chi connectivity index (χ4v) is 3.90. The first-order chi connectivity index (χ1) is 16.1. The average Bonchev–Trinajstić information content (AvgIpc) is 2.87. The Balaban J connectivity index is 0.00000408. The molecule has 0 spiro atoms. The first-order valence-electron chi connectivity index (χ1n) is 10.5. The number of thioether (sulfide) groups is 1. The molecule has 0 saturated heterocycles. The second-order valence-electron chi connectivity index (χ2n) is 7.19. The van der Waals surface area contributed by atoms with Gasteiger partial charge in [0, 0.05) is 19.2 Å². The summed E-state index contributed by atoms with van der Waals surface area (Å²) in [7, 11) is 6.63. The molecule has 0 N–H and O–H groups in total. The van der Waals surface area contributed by atoms with E-state index in [9.17, 15) is 0 Å². The number of methoxy groups -OCH3 is 4. The van der Waals surface area contributed by atoms with E-state index in [1.165, 1.54) is 0 Å². The van der Waals surface area contributed by atoms with Crippen molar-refractivity contribution in [3.8, 4) is 23.0 Å². The zero-order valence-electron chi connectivity index (χ0n) is 20.1. The normalized spacial score (nSPS) is 10.8. The molecule has 0 atom stereocenters. The van der Waals surface area contributed by atoms with Crippen LogP contribution in [0, 0.1) is 0 Å². The van der Waals surface area contributed by atoms with Crippen LogP contribution in [0.2, 0.25) is 0 Å². The van der Waals surface area contributed by atoms with Gasteiger partial charge in [-0.1, -0.05) is 36.0 Å². The highest BCUT2D eigenvalue weighted by Gasteiger charge is 2.15. The Hall–Kier alpha value is -2.59. The predicted molar refractivity (Wildman–Crippen MR) is 151 cm³/mol. The van der Waals surface area contributed by atoms with Crippen LogP contribution in [0.15, 0.2) is 71.7 Å². The molecule has 3 aromatic carbocycles. The molecule has 0 aromatic heterocycles. The third-order valence-electron chi connectivity index (χ3n) is 5.12. The summed E-state index contributed by atoms with van der Waals surface area (Å²) < 4.78 is 21.6. The van der Waals surface area contributed by atoms with Crippen LogP contribution in [0.1, 0.15) is 11.1 Å². The van der Waals surface area contributed by atoms with E-state index in [4.69, 9.17) is 23.9 Å². The molecule has 182 valence electrons. The number of ether oxygens (including phenoxy) is 4. The van der Waals surface area contributed by atoms with Gasteiger partial charge in [-0.05, 0) is 53.8 Å². The van der Waals surface area contributed by atoms with Gasteiger partial charge in [-0.15, -0.1) is 24.0 Å². The smallest absolute Gasteiger partial charge is 0.164 e. The zero-order chi connectivity index (χ0) is 23.6. The minimum absolute atomic E-state index is 0. The molecule has 0 saturated carbocycles. The number of rotatable bonds is 9. The number of halogens is 1. The van der Waals surface area contributed by atoms with Crippen molar-refractivity contribution in [2.24, 2.45) is 4.99 Å². The molecule has 6 nitrogen and oxygen atoms in total. The molecule has 0 bridgehead atoms. The number of nitrogens with zero attached hydrogens (tertiary/aromatic N) is 2. The van der Waals surface area contributed by atoms with E-state index in [0.717, 1.165) is 39.2 Å². The van der Waals surface area contributed by atoms with E-state index >= 15 is 0 Å². The van der Waals surface area contributed by atoms with E-state index in [1.807, 2.05) is 48.7 Å². The van der Waals surface area contributed by atoms with Crippen LogP contribution in [-0.2, 0) is 13.1 Å². The summed E-state index contributed by atoms with van der Waals surface area (Å²) in [5.41, 5.74) is 3.03. The van der Waals surface area contributed by atoms with Crippen LogP contribution >= 0.6 is 35.7 Å². The monoisotopic (exact) mass is 594 g/mol. The summed E-state index contributed by atoms with van der Waals surface area (Å²) >= 11 is 1.59. The first kappa shape index (κ1) is 27.7. The van der Waals surface area contributed by atoms with Crippen molar-refractivity contribution in [1.82, 2.24) is 4.90 Å². The number of benzene rings is 3. The highest BCUT2D eigenvalue weighted by Crippen LogP contribution is 2.33. The average molecular weight is 595 g/mol. The van der Waals surface area contributed by atoms with Crippen LogP contribution < -0.4 is 18.9 Å². The van der Waals surface area contributed by atoms with Gasteiger partial charge in [-0.3, -0.25) is 0 Å². The van der Waals surface area contributed by atoms with Crippen molar-refractivity contribution in [3.05, 3.63) is 77.9 Å². The minimum Gasteiger partial charge on any atom is -0.497 e. The maximum Gasteiger partial charge on any atom is 0.164 e. The lowest BCUT2D eigenvalue weighted by atomic mass is 10.1. The van der Waals surface area contributed by atoms with Crippen LogP contribution in [0.3, 0.4) is 0 Å². The van der Waals surface area contributed by atoms with Crippen molar-refractivity contribution in [3.63, 3.8) is 0 Å². The van der Waals surface area contributed by atoms with Crippen LogP contribution in [0.25, 0.3) is 0 Å². The lowest BCUT2D eigenvalue weighted by Crippen LogP contribution is -2.27. The van der Waals surface area contributed by atoms with Gasteiger partial charge in [0.15, 0.2) is 5.17 Å². The summed E-state index contributed by atoms with van der Waals surface area (Å²) in [6, 6.07) is 21.8. The predicted octanol–water partition coefficient (Wildman–Crippen LogP) is 6.39. The molecule has 0 unspecified atom stereocenters. The third-order valence-corrected chi connectivity index (χ3v) is 5.83. The maximum atomic E-state index is 5.54. The maximum absolute atomic E-state index is 5.54. The largest absolute Gasteiger partial charge is 0.497 e. The SMILES string of the molecule is COc1ccc(CN(Cc2ccc(OC)cc2)C(=Nc2cc(OC)ccc2OC)SC)cc1.I. The Labute approximate surface area is 223 Å². The fraction of sp³-hybridized carbons (Fsp3) is 0.269. The lowest BCUT2D eigenvalue weighted by molar-refractivity contribution is 0.401. The molecule has 0 radical (unpaired) electrons. The van der Waals surface area contributed by atoms with Gasteiger partial charge >= 0.3 is 0 Å². The Morgan fingerprint density at radius 3 is 1.59 bits per heavy atom. The topological polar surface area (TPSA) is 52.5 Å². The van der Waals surface area contributed by atoms with E-state index in [-0.39, 0.29) is 24.0 Å². The van der Waals surface area contributed by atoms with E-state index in [0.29, 0.717) is 18.8 Å². The molecule has 0 fully saturated rings. The Bertz CT molecular complexity index is 1010. The molecule has 0 aliphatic carbocycles. The summed E-state index contributed by atoms with van der Waals surface area (Å²) in [4.78, 5) is 7.21. The van der Waals surface area contributed by atoms with Gasteiger partial charge in [0.25, 0.3) is 0 Å². The molecule has 8 heteroatoms. The van der Waals surface area contributed by atoms with Gasteiger partial charge in [-0.2, -0.15) is 0 Å². The molecule has 3 rings (SSSR count). The Morgan fingerprint density at radius 2 is 1.18 bits per heavy atom. The van der Waals surface area contributed by atoms with E-state index in [2.05, 4.69) is 29.2 Å². The summed E-state index contributed by atoms with van der Waals surface area (Å²) in [6.07, 6.45) is 2.03. The third kappa shape index (κ3) is 7.46. The van der Waals surface area contributed by atoms with Gasteiger partial charge in [0.2, 0.25) is 0 Å². The van der Waals surface area contributed by atoms with Crippen molar-refractivity contribution < 1.29 is 18.9 Å². The Morgan fingerprint density at radius 1 is 0.706 bits per heavy atom. The van der Waals surface area contributed by atoms with Crippen LogP contribution in [0.4, 0.5) is 5.69 Å². The lowest BCUT2D eigenvalue weighted by Gasteiger charge is -2.26. The second kappa shape index (κ2) is 14.0. The van der Waals surface area contributed by atoms with Gasteiger partial charge < -0.3 is 23.8 Å². The van der Waals surface area contributed by atoms with Crippen molar-refractivity contribution in [2.75, 3.05) is 34.7 Å². The molecule has 0 aliphatic rings. The second-order valence-corrected chi connectivity index (χ2v) is 7.96. The highest BCUT2D eigenvalue weighted by molar-refractivity contribution is 14.0. The molecule has 34 heavy (non-hydrogen) atoms. The molecule has 0 heterocycles. The molecular formula is C26H31IN2O4S. The summed E-state index contributed by atoms with van der Waals surface area (Å²) in [5.74, 6) is 3.09. The summed E-state index contributed by atoms with van der Waals surface area (Å²) in [6.45, 7) is 1.37. The first-order valence-corrected chi connectivity index (χ1v) is 11.7. The van der Waals surface area contributed by atoms with Gasteiger partial charge in [0.05, 0.1) is 28.4 Å². The van der Waals surface area contributed by atoms with Gasteiger partial charge in [-0.25, -0.2) is 4.99 Å². The van der Waals surface area contributed by atoms with Crippen LogP contribution in [-0.4, -0.2) is 44.8 Å². The standard InChI is InChI=1S/C26H30N2O4S.HI/c1-29-21-10-6-19(7-11-21)17-28(18-20-8-12-22(30-2)13-9-20)26(33-5)27-24-16-23(31-3)14-15-25(24)32-4;/h6-16H,17-18H2,1-5H3;1H. The molecule has 0 aliphatic heterocycles. The van der Waals surface area contributed by atoms with E-state index in [1.54, 1.807) is 40.2 Å². The number of hydrogen-bond acceptors (Lipinski definition) is 6. The number of amidine groups is 1.